The van der Waals surface area contributed by atoms with Crippen LogP contribution in [0.15, 0.2) is 0 Å². The normalized spacial score (nSPS) is 17.8. The Bertz CT molecular complexity index is 730. The molecule has 1 amide bonds. The molecular weight excluding hydrogens is 636 g/mol. The summed E-state index contributed by atoms with van der Waals surface area (Å²) in [4.78, 5) is 11.8. The van der Waals surface area contributed by atoms with Gasteiger partial charge in [0.2, 0.25) is 5.91 Å². The second-order valence-electron chi connectivity index (χ2n) is 10.9. The van der Waals surface area contributed by atoms with Crippen molar-refractivity contribution in [1.29, 1.82) is 0 Å². The van der Waals surface area contributed by atoms with Crippen LogP contribution in [0.5, 0.6) is 0 Å². The van der Waals surface area contributed by atoms with Gasteiger partial charge in [-0.1, -0.05) is 0 Å². The number of likely N-dealkylation sites (N-methyl/N-ethyl adjacent to an activating group) is 1. The average molecular weight is 695 g/mol. The molecule has 0 aliphatic carbocycles. The first-order valence-electron chi connectivity index (χ1n) is 15.5. The molecule has 19 nitrogen and oxygen atoms in total. The Hall–Kier alpha value is -1.21. The lowest BCUT2D eigenvalue weighted by Gasteiger charge is -2.22. The number of carbonyl (C=O) groups excluding carboxylic acids is 1. The van der Waals surface area contributed by atoms with Gasteiger partial charge in [-0.3, -0.25) is 4.79 Å². The van der Waals surface area contributed by atoms with Crippen molar-refractivity contribution in [1.82, 2.24) is 10.6 Å². The highest BCUT2D eigenvalue weighted by Crippen LogP contribution is 2.03. The maximum atomic E-state index is 11.8. The zero-order chi connectivity index (χ0) is 35.5. The van der Waals surface area contributed by atoms with Gasteiger partial charge >= 0.3 is 0 Å². The van der Waals surface area contributed by atoms with Crippen molar-refractivity contribution in [3.8, 4) is 0 Å². The summed E-state index contributed by atoms with van der Waals surface area (Å²) in [5.41, 5.74) is 0. The average Bonchev–Trinajstić information content (AvgIpc) is 3.01. The Morgan fingerprint density at radius 1 is 0.532 bits per heavy atom. The first-order chi connectivity index (χ1) is 22.4. The Balaban J connectivity index is 3.76. The van der Waals surface area contributed by atoms with Crippen LogP contribution in [-0.4, -0.2) is 218 Å². The molecular formula is C28H58N2O17. The smallest absolute Gasteiger partial charge is 0.222 e. The fourth-order valence-corrected chi connectivity index (χ4v) is 3.61. The lowest BCUT2D eigenvalue weighted by Crippen LogP contribution is -2.45. The Labute approximate surface area is 274 Å². The maximum absolute atomic E-state index is 11.8. The van der Waals surface area contributed by atoms with Crippen molar-refractivity contribution in [3.63, 3.8) is 0 Å². The molecule has 0 aliphatic heterocycles. The summed E-state index contributed by atoms with van der Waals surface area (Å²) in [5.74, 6) is -0.491. The van der Waals surface area contributed by atoms with Crippen LogP contribution in [0.1, 0.15) is 12.8 Å². The first-order valence-corrected chi connectivity index (χ1v) is 15.5. The number of nitrogens with one attached hydrogen (secondary N) is 2. The Morgan fingerprint density at radius 3 is 1.26 bits per heavy atom. The molecule has 0 aromatic rings. The number of hydrogen-bond acceptors (Lipinski definition) is 18. The van der Waals surface area contributed by atoms with Gasteiger partial charge in [0.05, 0.1) is 97.6 Å². The molecule has 9 atom stereocenters. The molecule has 0 heterocycles. The van der Waals surface area contributed by atoms with Gasteiger partial charge in [-0.15, -0.1) is 0 Å². The summed E-state index contributed by atoms with van der Waals surface area (Å²) in [6, 6.07) is 0. The van der Waals surface area contributed by atoms with Crippen molar-refractivity contribution >= 4 is 5.91 Å². The van der Waals surface area contributed by atoms with Crippen LogP contribution in [0.2, 0.25) is 0 Å². The SMILES string of the molecule is CNCC(O)COCC(O)COCC(O)COCC(O)COCC(O)COCC(O)COCCC(=O)NC[C@H](O)[C@@H](O)[C@H](O)CCO. The number of aliphatic hydroxyl groups excluding tert-OH is 10. The molecule has 0 saturated heterocycles. The Morgan fingerprint density at radius 2 is 0.894 bits per heavy atom. The van der Waals surface area contributed by atoms with Gasteiger partial charge in [-0.2, -0.15) is 0 Å². The van der Waals surface area contributed by atoms with E-state index in [0.29, 0.717) is 6.54 Å². The van der Waals surface area contributed by atoms with E-state index in [1.807, 2.05) is 0 Å². The predicted molar refractivity (Wildman–Crippen MR) is 162 cm³/mol. The van der Waals surface area contributed by atoms with Crippen LogP contribution in [0.3, 0.4) is 0 Å². The minimum Gasteiger partial charge on any atom is -0.396 e. The lowest BCUT2D eigenvalue weighted by atomic mass is 10.1. The molecule has 6 unspecified atom stereocenters. The summed E-state index contributed by atoms with van der Waals surface area (Å²) in [7, 11) is 1.69. The summed E-state index contributed by atoms with van der Waals surface area (Å²) >= 11 is 0. The molecule has 0 rings (SSSR count). The lowest BCUT2D eigenvalue weighted by molar-refractivity contribution is -0.124. The van der Waals surface area contributed by atoms with E-state index in [0.717, 1.165) is 0 Å². The highest BCUT2D eigenvalue weighted by molar-refractivity contribution is 5.75. The highest BCUT2D eigenvalue weighted by atomic mass is 16.5. The summed E-state index contributed by atoms with van der Waals surface area (Å²) in [5, 5.41) is 102. The van der Waals surface area contributed by atoms with Crippen molar-refractivity contribution in [3.05, 3.63) is 0 Å². The Kier molecular flexibility index (Phi) is 28.9. The third-order valence-corrected chi connectivity index (χ3v) is 6.05. The van der Waals surface area contributed by atoms with Crippen LogP contribution in [0, 0.1) is 0 Å². The van der Waals surface area contributed by atoms with E-state index in [1.165, 1.54) is 0 Å². The van der Waals surface area contributed by atoms with Crippen LogP contribution in [0.4, 0.5) is 0 Å². The van der Waals surface area contributed by atoms with Crippen LogP contribution in [-0.2, 0) is 33.2 Å². The summed E-state index contributed by atoms with van der Waals surface area (Å²) < 4.78 is 31.2. The van der Waals surface area contributed by atoms with Crippen LogP contribution in [0.25, 0.3) is 0 Å². The van der Waals surface area contributed by atoms with E-state index in [2.05, 4.69) is 10.6 Å². The largest absolute Gasteiger partial charge is 0.396 e. The van der Waals surface area contributed by atoms with Gasteiger partial charge in [0.25, 0.3) is 0 Å². The number of amides is 1. The van der Waals surface area contributed by atoms with E-state index >= 15 is 0 Å². The van der Waals surface area contributed by atoms with Crippen LogP contribution >= 0.6 is 0 Å². The molecule has 282 valence electrons. The van der Waals surface area contributed by atoms with Crippen molar-refractivity contribution in [2.75, 3.05) is 106 Å². The number of rotatable bonds is 33. The number of aliphatic hydroxyl groups is 10. The van der Waals surface area contributed by atoms with Gasteiger partial charge in [0.1, 0.15) is 36.6 Å². The van der Waals surface area contributed by atoms with E-state index in [4.69, 9.17) is 33.5 Å². The van der Waals surface area contributed by atoms with E-state index in [1.54, 1.807) is 7.05 Å². The minimum absolute atomic E-state index is 0.0355. The van der Waals surface area contributed by atoms with Gasteiger partial charge in [0.15, 0.2) is 0 Å². The molecule has 0 bridgehead atoms. The van der Waals surface area contributed by atoms with Crippen molar-refractivity contribution in [2.45, 2.75) is 67.8 Å². The monoisotopic (exact) mass is 694 g/mol. The zero-order valence-electron chi connectivity index (χ0n) is 27.0. The molecule has 19 heteroatoms. The third kappa shape index (κ3) is 27.3. The molecule has 0 aromatic carbocycles. The molecule has 12 N–H and O–H groups in total. The fraction of sp³-hybridized carbons (Fsp3) is 0.964. The van der Waals surface area contributed by atoms with Gasteiger partial charge in [-0.05, 0) is 13.5 Å². The molecule has 47 heavy (non-hydrogen) atoms. The quantitative estimate of drug-likeness (QED) is 0.0284. The minimum atomic E-state index is -1.53. The standard InChI is InChI=1S/C28H58N2O17/c1-29-6-19(32)8-43-11-21(34)12-45-15-23(36)16-47-18-24(37)17-46-14-22(35)13-44-10-20(33)9-42-5-3-27(40)30-7-26(39)28(41)25(38)2-4-31/h19-26,28-29,31-39,41H,2-18H2,1H3,(H,30,40)/t19?,20?,21?,22?,23?,24?,25-,26+,28+/m1/s1. The van der Waals surface area contributed by atoms with Gasteiger partial charge in [0, 0.05) is 26.1 Å². The van der Waals surface area contributed by atoms with E-state index in [-0.39, 0.29) is 105 Å². The molecule has 0 spiro atoms. The second kappa shape index (κ2) is 29.7. The molecule has 0 aromatic heterocycles. The van der Waals surface area contributed by atoms with E-state index < -0.39 is 60.8 Å². The summed E-state index contributed by atoms with van der Waals surface area (Å²) in [6.07, 6.45) is -10.2. The second-order valence-corrected chi connectivity index (χ2v) is 10.9. The third-order valence-electron chi connectivity index (χ3n) is 6.05. The molecule has 0 saturated carbocycles. The van der Waals surface area contributed by atoms with Crippen molar-refractivity contribution < 1.29 is 84.3 Å². The highest BCUT2D eigenvalue weighted by Gasteiger charge is 2.24. The van der Waals surface area contributed by atoms with Crippen molar-refractivity contribution in [2.24, 2.45) is 0 Å². The molecule has 0 fully saturated rings. The maximum Gasteiger partial charge on any atom is 0.222 e. The topological polar surface area (TPSA) is 299 Å². The molecule has 0 aliphatic rings. The van der Waals surface area contributed by atoms with Crippen LogP contribution < -0.4 is 10.6 Å². The fourth-order valence-electron chi connectivity index (χ4n) is 3.61. The first kappa shape index (κ1) is 45.8. The number of hydrogen-bond donors (Lipinski definition) is 12. The predicted octanol–water partition coefficient (Wildman–Crippen LogP) is -6.56. The number of ether oxygens (including phenoxy) is 6. The van der Waals surface area contributed by atoms with E-state index in [9.17, 15) is 50.8 Å². The summed E-state index contributed by atoms with van der Waals surface area (Å²) in [6.45, 7) is -1.63. The van der Waals surface area contributed by atoms with Gasteiger partial charge < -0.3 is 90.1 Å². The number of carbonyl (C=O) groups is 1. The zero-order valence-corrected chi connectivity index (χ0v) is 27.0. The molecule has 0 radical (unpaired) electrons. The van der Waals surface area contributed by atoms with Gasteiger partial charge in [-0.25, -0.2) is 0 Å².